The number of nitrogens with two attached hydrogens (primary N) is 1. The molecule has 1 heterocycles. The Bertz CT molecular complexity index is 481. The van der Waals surface area contributed by atoms with E-state index in [2.05, 4.69) is 27.8 Å². The van der Waals surface area contributed by atoms with Crippen LogP contribution in [0.25, 0.3) is 0 Å². The van der Waals surface area contributed by atoms with Crippen LogP contribution in [-0.4, -0.2) is 29.1 Å². The van der Waals surface area contributed by atoms with Crippen LogP contribution in [0.5, 0.6) is 0 Å². The van der Waals surface area contributed by atoms with Gasteiger partial charge in [0.1, 0.15) is 4.99 Å². The van der Waals surface area contributed by atoms with Crippen LogP contribution >= 0.6 is 39.9 Å². The number of benzene rings is 1. The zero-order valence-electron chi connectivity index (χ0n) is 9.95. The molecule has 0 spiro atoms. The Hall–Kier alpha value is -0.330. The SMILES string of the molecule is CC1CN(c2ccc(C(N)=S)c(Br)c2F)CCS1. The van der Waals surface area contributed by atoms with Crippen LogP contribution < -0.4 is 10.6 Å². The van der Waals surface area contributed by atoms with Crippen molar-refractivity contribution in [1.82, 2.24) is 0 Å². The largest absolute Gasteiger partial charge is 0.389 e. The first kappa shape index (κ1) is 14.1. The lowest BCUT2D eigenvalue weighted by Gasteiger charge is -2.33. The molecule has 1 aliphatic heterocycles. The predicted octanol–water partition coefficient (Wildman–Crippen LogP) is 3.16. The van der Waals surface area contributed by atoms with Gasteiger partial charge in [-0.25, -0.2) is 4.39 Å². The monoisotopic (exact) mass is 348 g/mol. The minimum absolute atomic E-state index is 0.204. The fraction of sp³-hybridized carbons (Fsp3) is 0.417. The summed E-state index contributed by atoms with van der Waals surface area (Å²) >= 11 is 10.0. The molecule has 2 nitrogen and oxygen atoms in total. The van der Waals surface area contributed by atoms with E-state index in [1.165, 1.54) is 0 Å². The number of halogens is 2. The zero-order chi connectivity index (χ0) is 13.3. The van der Waals surface area contributed by atoms with E-state index in [0.717, 1.165) is 18.8 Å². The molecule has 98 valence electrons. The van der Waals surface area contributed by atoms with Crippen molar-refractivity contribution in [2.75, 3.05) is 23.7 Å². The Morgan fingerprint density at radius 2 is 2.33 bits per heavy atom. The summed E-state index contributed by atoms with van der Waals surface area (Å²) in [6.07, 6.45) is 0. The highest BCUT2D eigenvalue weighted by atomic mass is 79.9. The van der Waals surface area contributed by atoms with Crippen molar-refractivity contribution in [3.05, 3.63) is 28.0 Å². The first-order valence-electron chi connectivity index (χ1n) is 5.65. The minimum atomic E-state index is -0.278. The first-order valence-corrected chi connectivity index (χ1v) is 7.90. The lowest BCUT2D eigenvalue weighted by molar-refractivity contribution is 0.610. The van der Waals surface area contributed by atoms with Crippen LogP contribution in [0.3, 0.4) is 0 Å². The molecule has 0 aromatic heterocycles. The number of anilines is 1. The van der Waals surface area contributed by atoms with Gasteiger partial charge < -0.3 is 10.6 Å². The topological polar surface area (TPSA) is 29.3 Å². The van der Waals surface area contributed by atoms with Gasteiger partial charge in [0.2, 0.25) is 0 Å². The van der Waals surface area contributed by atoms with Gasteiger partial charge in [-0.15, -0.1) is 0 Å². The third-order valence-corrected chi connectivity index (χ3v) is 5.04. The number of thioether (sulfide) groups is 1. The quantitative estimate of drug-likeness (QED) is 0.831. The number of rotatable bonds is 2. The van der Waals surface area contributed by atoms with Gasteiger partial charge in [0.05, 0.1) is 10.2 Å². The third kappa shape index (κ3) is 2.81. The smallest absolute Gasteiger partial charge is 0.161 e. The summed E-state index contributed by atoms with van der Waals surface area (Å²) in [4.78, 5) is 2.28. The maximum Gasteiger partial charge on any atom is 0.161 e. The van der Waals surface area contributed by atoms with Crippen LogP contribution in [0.4, 0.5) is 10.1 Å². The van der Waals surface area contributed by atoms with Gasteiger partial charge in [0.25, 0.3) is 0 Å². The average molecular weight is 349 g/mol. The van der Waals surface area contributed by atoms with E-state index in [1.807, 2.05) is 11.8 Å². The number of hydrogen-bond acceptors (Lipinski definition) is 3. The molecule has 1 aliphatic rings. The zero-order valence-corrected chi connectivity index (χ0v) is 13.2. The fourth-order valence-electron chi connectivity index (χ4n) is 2.01. The molecule has 0 amide bonds. The Morgan fingerprint density at radius 1 is 1.61 bits per heavy atom. The average Bonchev–Trinajstić information content (AvgIpc) is 2.32. The summed E-state index contributed by atoms with van der Waals surface area (Å²) in [5.41, 5.74) is 6.72. The molecule has 1 atom stereocenters. The van der Waals surface area contributed by atoms with Crippen molar-refractivity contribution in [3.8, 4) is 0 Å². The molecule has 0 bridgehead atoms. The minimum Gasteiger partial charge on any atom is -0.389 e. The molecule has 1 saturated heterocycles. The highest BCUT2D eigenvalue weighted by Gasteiger charge is 2.22. The maximum atomic E-state index is 14.3. The highest BCUT2D eigenvalue weighted by Crippen LogP contribution is 2.32. The van der Waals surface area contributed by atoms with Gasteiger partial charge in [-0.2, -0.15) is 11.8 Å². The summed E-state index contributed by atoms with van der Waals surface area (Å²) in [5.74, 6) is 0.745. The van der Waals surface area contributed by atoms with Crippen molar-refractivity contribution in [2.24, 2.45) is 5.73 Å². The van der Waals surface area contributed by atoms with E-state index in [4.69, 9.17) is 18.0 Å². The second-order valence-corrected chi connectivity index (χ2v) is 7.03. The second-order valence-electron chi connectivity index (χ2n) is 4.25. The lowest BCUT2D eigenvalue weighted by atomic mass is 10.1. The molecular formula is C12H14BrFN2S2. The number of hydrogen-bond donors (Lipinski definition) is 1. The normalized spacial score (nSPS) is 19.9. The standard InChI is InChI=1S/C12H14BrFN2S2/c1-7-6-16(4-5-18-7)9-3-2-8(12(15)17)10(13)11(9)14/h2-3,7H,4-6H2,1H3,(H2,15,17). The summed E-state index contributed by atoms with van der Waals surface area (Å²) < 4.78 is 14.7. The van der Waals surface area contributed by atoms with Crippen LogP contribution in [0.15, 0.2) is 16.6 Å². The summed E-state index contributed by atoms with van der Waals surface area (Å²) in [6, 6.07) is 3.54. The van der Waals surface area contributed by atoms with Gasteiger partial charge in [-0.1, -0.05) is 19.1 Å². The molecule has 1 unspecified atom stereocenters. The van der Waals surface area contributed by atoms with E-state index in [-0.39, 0.29) is 10.8 Å². The van der Waals surface area contributed by atoms with E-state index in [0.29, 0.717) is 21.0 Å². The van der Waals surface area contributed by atoms with Crippen molar-refractivity contribution in [2.45, 2.75) is 12.2 Å². The maximum absolute atomic E-state index is 14.3. The van der Waals surface area contributed by atoms with E-state index < -0.39 is 0 Å². The van der Waals surface area contributed by atoms with Crippen molar-refractivity contribution in [1.29, 1.82) is 0 Å². The Balaban J connectivity index is 2.34. The molecule has 6 heteroatoms. The number of thiocarbonyl (C=S) groups is 1. The summed E-state index contributed by atoms with van der Waals surface area (Å²) in [7, 11) is 0. The number of nitrogens with zero attached hydrogens (tertiary/aromatic N) is 1. The Labute approximate surface area is 124 Å². The second kappa shape index (κ2) is 5.75. The lowest BCUT2D eigenvalue weighted by Crippen LogP contribution is -2.37. The predicted molar refractivity (Wildman–Crippen MR) is 84.1 cm³/mol. The molecule has 0 saturated carbocycles. The van der Waals surface area contributed by atoms with Gasteiger partial charge >= 0.3 is 0 Å². The van der Waals surface area contributed by atoms with E-state index in [9.17, 15) is 4.39 Å². The van der Waals surface area contributed by atoms with Crippen LogP contribution in [0, 0.1) is 5.82 Å². The van der Waals surface area contributed by atoms with Gasteiger partial charge in [-0.05, 0) is 28.1 Å². The molecule has 0 radical (unpaired) electrons. The molecule has 2 rings (SSSR count). The van der Waals surface area contributed by atoms with Crippen LogP contribution in [-0.2, 0) is 0 Å². The van der Waals surface area contributed by atoms with E-state index in [1.54, 1.807) is 12.1 Å². The molecule has 2 N–H and O–H groups in total. The Morgan fingerprint density at radius 3 is 2.94 bits per heavy atom. The molecule has 1 aromatic rings. The van der Waals surface area contributed by atoms with E-state index >= 15 is 0 Å². The third-order valence-electron chi connectivity index (χ3n) is 2.91. The van der Waals surface area contributed by atoms with Crippen LogP contribution in [0.1, 0.15) is 12.5 Å². The van der Waals surface area contributed by atoms with Crippen molar-refractivity contribution < 1.29 is 4.39 Å². The summed E-state index contributed by atoms with van der Waals surface area (Å²) in [6.45, 7) is 3.89. The Kier molecular flexibility index (Phi) is 4.50. The fourth-order valence-corrected chi connectivity index (χ4v) is 3.87. The van der Waals surface area contributed by atoms with Crippen LogP contribution in [0.2, 0.25) is 0 Å². The molecule has 18 heavy (non-hydrogen) atoms. The molecule has 0 aliphatic carbocycles. The highest BCUT2D eigenvalue weighted by molar-refractivity contribution is 9.10. The first-order chi connectivity index (χ1) is 8.50. The summed E-state index contributed by atoms with van der Waals surface area (Å²) in [5, 5.41) is 0.521. The van der Waals surface area contributed by atoms with Crippen molar-refractivity contribution >= 4 is 50.6 Å². The van der Waals surface area contributed by atoms with Gasteiger partial charge in [0, 0.05) is 29.7 Å². The van der Waals surface area contributed by atoms with Gasteiger partial charge in [-0.3, -0.25) is 0 Å². The molecular weight excluding hydrogens is 335 g/mol. The molecule has 1 aromatic carbocycles. The van der Waals surface area contributed by atoms with Gasteiger partial charge in [0.15, 0.2) is 5.82 Å². The van der Waals surface area contributed by atoms with Crippen molar-refractivity contribution in [3.63, 3.8) is 0 Å². The molecule has 1 fully saturated rings.